The highest BCUT2D eigenvalue weighted by Crippen LogP contribution is 2.20. The van der Waals surface area contributed by atoms with Crippen molar-refractivity contribution < 1.29 is 4.79 Å². The molecule has 0 aliphatic heterocycles. The molecule has 0 amide bonds. The average molecular weight is 369 g/mol. The minimum Gasteiger partial charge on any atom is -0.303 e. The van der Waals surface area contributed by atoms with Crippen LogP contribution >= 0.6 is 0 Å². The summed E-state index contributed by atoms with van der Waals surface area (Å²) < 4.78 is 1.85. The molecule has 1 atom stereocenters. The quantitative estimate of drug-likeness (QED) is 0.491. The minimum absolute atomic E-state index is 0.0220. The Bertz CT molecular complexity index is 1070. The van der Waals surface area contributed by atoms with E-state index in [4.69, 9.17) is 0 Å². The van der Waals surface area contributed by atoms with Gasteiger partial charge in [-0.3, -0.25) is 9.20 Å². The lowest BCUT2D eigenvalue weighted by Gasteiger charge is -2.18. The van der Waals surface area contributed by atoms with Gasteiger partial charge >= 0.3 is 0 Å². The zero-order chi connectivity index (χ0) is 19.3. The van der Waals surface area contributed by atoms with Gasteiger partial charge in [-0.15, -0.1) is 0 Å². The number of nitrogens with zero attached hydrogens (tertiary/aromatic N) is 2. The first-order chi connectivity index (χ1) is 13.7. The molecule has 2 aromatic heterocycles. The molecule has 0 saturated carbocycles. The smallest absolute Gasteiger partial charge is 0.202 e. The zero-order valence-electron chi connectivity index (χ0n) is 15.9. The van der Waals surface area contributed by atoms with Gasteiger partial charge in [0, 0.05) is 12.7 Å². The van der Waals surface area contributed by atoms with Crippen molar-refractivity contribution in [2.24, 2.45) is 0 Å². The summed E-state index contributed by atoms with van der Waals surface area (Å²) in [6.45, 7) is 2.80. The first kappa shape index (κ1) is 18.1. The van der Waals surface area contributed by atoms with Crippen LogP contribution in [0, 0.1) is 6.92 Å². The largest absolute Gasteiger partial charge is 0.303 e. The van der Waals surface area contributed by atoms with Crippen molar-refractivity contribution in [3.05, 3.63) is 108 Å². The van der Waals surface area contributed by atoms with Crippen LogP contribution in [0.15, 0.2) is 85.2 Å². The highest BCUT2D eigenvalue weighted by Gasteiger charge is 2.24. The van der Waals surface area contributed by atoms with E-state index < -0.39 is 6.04 Å². The Balaban J connectivity index is 1.57. The van der Waals surface area contributed by atoms with Gasteiger partial charge in [0.2, 0.25) is 5.78 Å². The summed E-state index contributed by atoms with van der Waals surface area (Å²) >= 11 is 0. The molecule has 28 heavy (non-hydrogen) atoms. The Morgan fingerprint density at radius 3 is 2.54 bits per heavy atom. The third-order valence-corrected chi connectivity index (χ3v) is 4.95. The maximum atomic E-state index is 13.4. The molecule has 1 N–H and O–H groups in total. The number of carbonyl (C=O) groups excluding carboxylic acids is 1. The number of hydrogen-bond acceptors (Lipinski definition) is 3. The van der Waals surface area contributed by atoms with E-state index in [1.54, 1.807) is 6.20 Å². The number of Topliss-reactive ketones (excluding diaryl/α,β-unsaturated/α-hetero) is 1. The molecule has 140 valence electrons. The summed E-state index contributed by atoms with van der Waals surface area (Å²) in [4.78, 5) is 17.8. The molecule has 0 spiro atoms. The zero-order valence-corrected chi connectivity index (χ0v) is 15.9. The first-order valence-electron chi connectivity index (χ1n) is 9.52. The minimum atomic E-state index is -0.410. The molecule has 0 radical (unpaired) electrons. The van der Waals surface area contributed by atoms with Crippen molar-refractivity contribution in [3.8, 4) is 0 Å². The van der Waals surface area contributed by atoms with E-state index in [0.29, 0.717) is 12.2 Å². The van der Waals surface area contributed by atoms with Crippen LogP contribution < -0.4 is 5.32 Å². The molecule has 2 aromatic carbocycles. The number of aromatic nitrogens is 2. The molecule has 0 saturated heterocycles. The number of nitrogens with one attached hydrogen (secondary N) is 1. The maximum absolute atomic E-state index is 13.4. The van der Waals surface area contributed by atoms with Crippen LogP contribution in [-0.2, 0) is 6.42 Å². The Morgan fingerprint density at radius 2 is 1.75 bits per heavy atom. The Hall–Kier alpha value is -3.24. The van der Waals surface area contributed by atoms with E-state index in [9.17, 15) is 4.79 Å². The third kappa shape index (κ3) is 3.87. The Morgan fingerprint density at radius 1 is 1.00 bits per heavy atom. The highest BCUT2D eigenvalue weighted by molar-refractivity contribution is 5.99. The number of benzene rings is 2. The van der Waals surface area contributed by atoms with Crippen LogP contribution in [-0.4, -0.2) is 21.7 Å². The highest BCUT2D eigenvalue weighted by atomic mass is 16.1. The average Bonchev–Trinajstić information content (AvgIpc) is 3.17. The van der Waals surface area contributed by atoms with Gasteiger partial charge in [-0.2, -0.15) is 0 Å². The molecule has 4 aromatic rings. The fraction of sp³-hybridized carbons (Fsp3) is 0.167. The number of hydrogen-bond donors (Lipinski definition) is 1. The predicted octanol–water partition coefficient (Wildman–Crippen LogP) is 4.40. The van der Waals surface area contributed by atoms with Crippen molar-refractivity contribution in [1.82, 2.24) is 14.7 Å². The van der Waals surface area contributed by atoms with Crippen LogP contribution in [0.5, 0.6) is 0 Å². The molecular weight excluding hydrogens is 346 g/mol. The molecule has 4 heteroatoms. The van der Waals surface area contributed by atoms with Crippen LogP contribution in [0.1, 0.15) is 33.2 Å². The number of fused-ring (bicyclic) bond motifs is 1. The number of rotatable bonds is 7. The SMILES string of the molecule is Cc1ccc(CCN[C@H](C(=O)c2cnc3ccccn23)c2ccccc2)cc1. The van der Waals surface area contributed by atoms with Gasteiger partial charge in [0.25, 0.3) is 0 Å². The summed E-state index contributed by atoms with van der Waals surface area (Å²) in [7, 11) is 0. The van der Waals surface area contributed by atoms with E-state index >= 15 is 0 Å². The van der Waals surface area contributed by atoms with Gasteiger partial charge in [0.05, 0.1) is 12.2 Å². The van der Waals surface area contributed by atoms with Crippen LogP contribution in [0.25, 0.3) is 5.65 Å². The molecule has 2 heterocycles. The second-order valence-corrected chi connectivity index (χ2v) is 6.97. The number of pyridine rings is 1. The monoisotopic (exact) mass is 369 g/mol. The number of ketones is 1. The second-order valence-electron chi connectivity index (χ2n) is 6.97. The van der Waals surface area contributed by atoms with Gasteiger partial charge in [-0.1, -0.05) is 66.2 Å². The van der Waals surface area contributed by atoms with Crippen molar-refractivity contribution in [2.45, 2.75) is 19.4 Å². The molecular formula is C24H23N3O. The summed E-state index contributed by atoms with van der Waals surface area (Å²) in [6.07, 6.45) is 4.41. The lowest BCUT2D eigenvalue weighted by molar-refractivity contribution is 0.0937. The van der Waals surface area contributed by atoms with Crippen molar-refractivity contribution in [1.29, 1.82) is 0 Å². The summed E-state index contributed by atoms with van der Waals surface area (Å²) in [5.74, 6) is 0.0220. The fourth-order valence-corrected chi connectivity index (χ4v) is 3.39. The Labute approximate surface area is 164 Å². The molecule has 4 rings (SSSR count). The van der Waals surface area contributed by atoms with E-state index in [-0.39, 0.29) is 5.78 Å². The van der Waals surface area contributed by atoms with Crippen LogP contribution in [0.2, 0.25) is 0 Å². The molecule has 0 aliphatic carbocycles. The molecule has 0 aliphatic rings. The standard InChI is InChI=1S/C24H23N3O/c1-18-10-12-19(13-11-18)14-15-25-23(20-7-3-2-4-8-20)24(28)21-17-26-22-9-5-6-16-27(21)22/h2-13,16-17,23,25H,14-15H2,1H3/t23-/m0/s1. The second kappa shape index (κ2) is 8.19. The lowest BCUT2D eigenvalue weighted by Crippen LogP contribution is -2.31. The molecule has 0 fully saturated rings. The topological polar surface area (TPSA) is 46.4 Å². The summed E-state index contributed by atoms with van der Waals surface area (Å²) in [6, 6.07) is 23.7. The predicted molar refractivity (Wildman–Crippen MR) is 112 cm³/mol. The molecule has 4 nitrogen and oxygen atoms in total. The van der Waals surface area contributed by atoms with Crippen molar-refractivity contribution >= 4 is 11.4 Å². The van der Waals surface area contributed by atoms with Gasteiger partial charge in [-0.25, -0.2) is 4.98 Å². The normalized spacial score (nSPS) is 12.2. The number of imidazole rings is 1. The first-order valence-corrected chi connectivity index (χ1v) is 9.52. The Kier molecular flexibility index (Phi) is 5.31. The van der Waals surface area contributed by atoms with Crippen LogP contribution in [0.3, 0.4) is 0 Å². The van der Waals surface area contributed by atoms with Crippen LogP contribution in [0.4, 0.5) is 0 Å². The van der Waals surface area contributed by atoms with Crippen molar-refractivity contribution in [3.63, 3.8) is 0 Å². The molecule has 0 unspecified atom stereocenters. The van der Waals surface area contributed by atoms with Gasteiger partial charge in [0.1, 0.15) is 11.3 Å². The fourth-order valence-electron chi connectivity index (χ4n) is 3.39. The van der Waals surface area contributed by atoms with Gasteiger partial charge in [0.15, 0.2) is 0 Å². The van der Waals surface area contributed by atoms with E-state index in [2.05, 4.69) is 41.5 Å². The van der Waals surface area contributed by atoms with E-state index in [0.717, 1.165) is 17.6 Å². The number of aryl methyl sites for hydroxylation is 1. The third-order valence-electron chi connectivity index (χ3n) is 4.95. The van der Waals surface area contributed by atoms with Crippen molar-refractivity contribution in [2.75, 3.05) is 6.54 Å². The van der Waals surface area contributed by atoms with Gasteiger partial charge < -0.3 is 5.32 Å². The summed E-state index contributed by atoms with van der Waals surface area (Å²) in [5.41, 5.74) is 4.83. The molecule has 0 bridgehead atoms. The lowest BCUT2D eigenvalue weighted by atomic mass is 10.0. The van der Waals surface area contributed by atoms with E-state index in [1.165, 1.54) is 11.1 Å². The van der Waals surface area contributed by atoms with E-state index in [1.807, 2.05) is 59.1 Å². The number of carbonyl (C=O) groups is 1. The summed E-state index contributed by atoms with van der Waals surface area (Å²) in [5, 5.41) is 3.46. The van der Waals surface area contributed by atoms with Gasteiger partial charge in [-0.05, 0) is 36.6 Å². The maximum Gasteiger partial charge on any atom is 0.202 e.